The molecule has 1 heteroatoms. The second kappa shape index (κ2) is 5.80. The van der Waals surface area contributed by atoms with Crippen LogP contribution in [-0.2, 0) is 0 Å². The molecule has 54 valence electrons. The Morgan fingerprint density at radius 3 is 2.67 bits per heavy atom. The summed E-state index contributed by atoms with van der Waals surface area (Å²) in [5.74, 6) is 0.676. The Morgan fingerprint density at radius 2 is 2.22 bits per heavy atom. The lowest BCUT2D eigenvalue weighted by atomic mass is 10.1. The first-order valence-corrected chi connectivity index (χ1v) is 3.73. The molecule has 0 aliphatic carbocycles. The Hall–Kier alpha value is -0.330. The smallest absolute Gasteiger partial charge is 0.0273 e. The molecule has 0 rings (SSSR count). The second-order valence-corrected chi connectivity index (χ2v) is 2.53. The van der Waals surface area contributed by atoms with E-state index in [1.807, 2.05) is 13.3 Å². The Morgan fingerprint density at radius 1 is 1.56 bits per heavy atom. The van der Waals surface area contributed by atoms with Gasteiger partial charge in [-0.15, -0.1) is 0 Å². The van der Waals surface area contributed by atoms with Crippen LogP contribution in [0.2, 0.25) is 0 Å². The summed E-state index contributed by atoms with van der Waals surface area (Å²) < 4.78 is 0. The highest BCUT2D eigenvalue weighted by atomic mass is 14.6. The molecule has 0 radical (unpaired) electrons. The van der Waals surface area contributed by atoms with Gasteiger partial charge in [-0.1, -0.05) is 26.7 Å². The van der Waals surface area contributed by atoms with E-state index >= 15 is 0 Å². The van der Waals surface area contributed by atoms with E-state index in [0.29, 0.717) is 5.92 Å². The molecule has 0 N–H and O–H groups in total. The first-order chi connectivity index (χ1) is 4.31. The van der Waals surface area contributed by atoms with Gasteiger partial charge in [-0.2, -0.15) is 0 Å². The molecule has 0 fully saturated rings. The molecular weight excluding hydrogens is 110 g/mol. The summed E-state index contributed by atoms with van der Waals surface area (Å²) in [6, 6.07) is 0. The van der Waals surface area contributed by atoms with Crippen LogP contribution < -0.4 is 0 Å². The van der Waals surface area contributed by atoms with E-state index in [2.05, 4.69) is 18.8 Å². The molecule has 0 aromatic carbocycles. The summed E-state index contributed by atoms with van der Waals surface area (Å²) in [5, 5.41) is 0. The van der Waals surface area contributed by atoms with E-state index in [9.17, 15) is 0 Å². The molecule has 0 amide bonds. The fourth-order valence-electron chi connectivity index (χ4n) is 0.855. The minimum Gasteiger partial charge on any atom is -0.301 e. The minimum atomic E-state index is 0.676. The van der Waals surface area contributed by atoms with E-state index in [1.165, 1.54) is 19.3 Å². The number of hydrogen-bond acceptors (Lipinski definition) is 1. The van der Waals surface area contributed by atoms with Crippen molar-refractivity contribution in [2.24, 2.45) is 10.9 Å². The van der Waals surface area contributed by atoms with E-state index in [1.54, 1.807) is 0 Å². The molecule has 0 aromatic rings. The number of rotatable bonds is 4. The Kier molecular flexibility index (Phi) is 5.59. The first kappa shape index (κ1) is 8.67. The van der Waals surface area contributed by atoms with Gasteiger partial charge in [0.1, 0.15) is 0 Å². The maximum absolute atomic E-state index is 3.96. The van der Waals surface area contributed by atoms with Crippen LogP contribution in [0.1, 0.15) is 33.1 Å². The first-order valence-electron chi connectivity index (χ1n) is 3.73. The van der Waals surface area contributed by atoms with Crippen LogP contribution in [0.5, 0.6) is 0 Å². The molecule has 0 saturated heterocycles. The van der Waals surface area contributed by atoms with Crippen molar-refractivity contribution < 1.29 is 0 Å². The van der Waals surface area contributed by atoms with Gasteiger partial charge in [-0.3, -0.25) is 0 Å². The molecule has 0 aliphatic rings. The summed E-state index contributed by atoms with van der Waals surface area (Å²) in [5.41, 5.74) is 0. The average molecular weight is 127 g/mol. The van der Waals surface area contributed by atoms with E-state index in [4.69, 9.17) is 0 Å². The third-order valence-electron chi connectivity index (χ3n) is 1.42. The monoisotopic (exact) mass is 127 g/mol. The van der Waals surface area contributed by atoms with Crippen molar-refractivity contribution in [1.29, 1.82) is 0 Å². The lowest BCUT2D eigenvalue weighted by Crippen LogP contribution is -1.94. The van der Waals surface area contributed by atoms with Gasteiger partial charge >= 0.3 is 0 Å². The highest BCUT2D eigenvalue weighted by Crippen LogP contribution is 2.03. The van der Waals surface area contributed by atoms with Gasteiger partial charge in [0, 0.05) is 13.3 Å². The predicted molar refractivity (Wildman–Crippen MR) is 43.1 cm³/mol. The summed E-state index contributed by atoms with van der Waals surface area (Å²) in [6.45, 7) is 4.43. The maximum atomic E-state index is 3.96. The lowest BCUT2D eigenvalue weighted by Gasteiger charge is -2.01. The van der Waals surface area contributed by atoms with Gasteiger partial charge in [0.15, 0.2) is 0 Å². The Bertz CT molecular complexity index is 76.6. The standard InChI is InChI=1S/C8H17N/c1-4-5-6-8(2)7-9-3/h7-8H,4-6H2,1-3H3. The third kappa shape index (κ3) is 5.54. The zero-order chi connectivity index (χ0) is 7.11. The lowest BCUT2D eigenvalue weighted by molar-refractivity contribution is 0.632. The highest BCUT2D eigenvalue weighted by molar-refractivity contribution is 5.59. The van der Waals surface area contributed by atoms with Gasteiger partial charge in [0.05, 0.1) is 0 Å². The van der Waals surface area contributed by atoms with Gasteiger partial charge in [0.25, 0.3) is 0 Å². The summed E-state index contributed by atoms with van der Waals surface area (Å²) in [6.07, 6.45) is 5.93. The summed E-state index contributed by atoms with van der Waals surface area (Å²) >= 11 is 0. The Labute approximate surface area is 58.2 Å². The third-order valence-corrected chi connectivity index (χ3v) is 1.42. The van der Waals surface area contributed by atoms with Crippen molar-refractivity contribution in [3.8, 4) is 0 Å². The molecule has 1 unspecified atom stereocenters. The van der Waals surface area contributed by atoms with Crippen molar-refractivity contribution in [3.05, 3.63) is 0 Å². The molecule has 0 spiro atoms. The van der Waals surface area contributed by atoms with Crippen molar-refractivity contribution in [2.45, 2.75) is 33.1 Å². The van der Waals surface area contributed by atoms with Crippen LogP contribution >= 0.6 is 0 Å². The van der Waals surface area contributed by atoms with Crippen LogP contribution in [0.4, 0.5) is 0 Å². The van der Waals surface area contributed by atoms with Crippen molar-refractivity contribution >= 4 is 6.21 Å². The molecule has 9 heavy (non-hydrogen) atoms. The molecule has 0 saturated carbocycles. The Balaban J connectivity index is 3.15. The number of unbranched alkanes of at least 4 members (excludes halogenated alkanes) is 1. The fourth-order valence-corrected chi connectivity index (χ4v) is 0.855. The molecule has 1 atom stereocenters. The number of aliphatic imine (C=N–C) groups is 1. The van der Waals surface area contributed by atoms with Crippen molar-refractivity contribution in [3.63, 3.8) is 0 Å². The largest absolute Gasteiger partial charge is 0.301 e. The summed E-state index contributed by atoms with van der Waals surface area (Å²) in [4.78, 5) is 3.96. The quantitative estimate of drug-likeness (QED) is 0.514. The predicted octanol–water partition coefficient (Wildman–Crippen LogP) is 2.51. The van der Waals surface area contributed by atoms with Gasteiger partial charge in [0.2, 0.25) is 0 Å². The van der Waals surface area contributed by atoms with E-state index in [-0.39, 0.29) is 0 Å². The maximum Gasteiger partial charge on any atom is 0.0273 e. The van der Waals surface area contributed by atoms with Crippen LogP contribution in [-0.4, -0.2) is 13.3 Å². The van der Waals surface area contributed by atoms with Gasteiger partial charge in [-0.25, -0.2) is 0 Å². The zero-order valence-corrected chi connectivity index (χ0v) is 6.72. The van der Waals surface area contributed by atoms with Crippen molar-refractivity contribution in [2.75, 3.05) is 7.05 Å². The molecule has 0 aliphatic heterocycles. The topological polar surface area (TPSA) is 12.4 Å². The number of nitrogens with zero attached hydrogens (tertiary/aromatic N) is 1. The molecule has 0 bridgehead atoms. The fraction of sp³-hybridized carbons (Fsp3) is 0.875. The SMILES string of the molecule is CCCCC(C)C=NC. The molecule has 0 heterocycles. The minimum absolute atomic E-state index is 0.676. The van der Waals surface area contributed by atoms with Crippen LogP contribution in [0.15, 0.2) is 4.99 Å². The molecule has 1 nitrogen and oxygen atoms in total. The molecule has 0 aromatic heterocycles. The second-order valence-electron chi connectivity index (χ2n) is 2.53. The number of hydrogen-bond donors (Lipinski definition) is 0. The summed E-state index contributed by atoms with van der Waals surface area (Å²) in [7, 11) is 1.84. The van der Waals surface area contributed by atoms with Gasteiger partial charge < -0.3 is 4.99 Å². The van der Waals surface area contributed by atoms with E-state index < -0.39 is 0 Å². The average Bonchev–Trinajstić information content (AvgIpc) is 1.85. The van der Waals surface area contributed by atoms with E-state index in [0.717, 1.165) is 0 Å². The zero-order valence-electron chi connectivity index (χ0n) is 6.72. The van der Waals surface area contributed by atoms with Crippen LogP contribution in [0.25, 0.3) is 0 Å². The van der Waals surface area contributed by atoms with Gasteiger partial charge in [-0.05, 0) is 12.3 Å². The van der Waals surface area contributed by atoms with Crippen LogP contribution in [0, 0.1) is 5.92 Å². The highest BCUT2D eigenvalue weighted by Gasteiger charge is 1.93. The molecular formula is C8H17N. The normalized spacial score (nSPS) is 14.6. The van der Waals surface area contributed by atoms with Crippen LogP contribution in [0.3, 0.4) is 0 Å². The van der Waals surface area contributed by atoms with Crippen molar-refractivity contribution in [1.82, 2.24) is 0 Å².